The zero-order chi connectivity index (χ0) is 16.2. The Bertz CT molecular complexity index is 688. The maximum absolute atomic E-state index is 6.10. The van der Waals surface area contributed by atoms with Crippen molar-refractivity contribution in [2.24, 2.45) is 16.8 Å². The van der Waals surface area contributed by atoms with Crippen LogP contribution in [0.4, 0.5) is 0 Å². The Hall–Kier alpha value is -1.89. The van der Waals surface area contributed by atoms with Crippen LogP contribution >= 0.6 is 15.9 Å². The second kappa shape index (κ2) is 7.12. The Balaban J connectivity index is 1.96. The van der Waals surface area contributed by atoms with Gasteiger partial charge in [-0.3, -0.25) is 9.91 Å². The summed E-state index contributed by atoms with van der Waals surface area (Å²) in [5, 5.41) is 5.61. The number of rotatable bonds is 3. The van der Waals surface area contributed by atoms with E-state index in [0.29, 0.717) is 12.4 Å². The van der Waals surface area contributed by atoms with Gasteiger partial charge < -0.3 is 5.84 Å². The molecule has 0 radical (unpaired) electrons. The number of hydrazone groups is 1. The van der Waals surface area contributed by atoms with E-state index in [0.717, 1.165) is 23.1 Å². The maximum Gasteiger partial charge on any atom is 0.160 e. The summed E-state index contributed by atoms with van der Waals surface area (Å²) < 4.78 is 1.03. The summed E-state index contributed by atoms with van der Waals surface area (Å²) in [7, 11) is 0. The summed E-state index contributed by atoms with van der Waals surface area (Å²) in [6.45, 7) is 2.37. The smallest absolute Gasteiger partial charge is 0.160 e. The van der Waals surface area contributed by atoms with E-state index in [1.807, 2.05) is 18.2 Å². The Labute approximate surface area is 144 Å². The molecule has 23 heavy (non-hydrogen) atoms. The molecular weight excluding hydrogens is 354 g/mol. The number of amidine groups is 1. The van der Waals surface area contributed by atoms with Gasteiger partial charge in [-0.15, -0.1) is 0 Å². The van der Waals surface area contributed by atoms with Crippen LogP contribution in [0.15, 0.2) is 64.2 Å². The predicted octanol–water partition coefficient (Wildman–Crippen LogP) is 2.45. The van der Waals surface area contributed by atoms with Crippen molar-refractivity contribution in [2.75, 3.05) is 13.1 Å². The van der Waals surface area contributed by atoms with Crippen LogP contribution in [-0.4, -0.2) is 28.8 Å². The molecule has 0 bridgehead atoms. The highest BCUT2D eigenvalue weighted by Crippen LogP contribution is 2.29. The van der Waals surface area contributed by atoms with E-state index in [2.05, 4.69) is 62.3 Å². The van der Waals surface area contributed by atoms with Gasteiger partial charge in [0, 0.05) is 24.1 Å². The molecule has 3 rings (SSSR count). The van der Waals surface area contributed by atoms with E-state index in [4.69, 9.17) is 11.7 Å². The minimum atomic E-state index is -0.0588. The first-order valence-corrected chi connectivity index (χ1v) is 8.32. The number of hydrogen-bond acceptors (Lipinski definition) is 4. The molecule has 0 amide bonds. The molecule has 0 aliphatic carbocycles. The first kappa shape index (κ1) is 16.0. The van der Waals surface area contributed by atoms with Crippen LogP contribution in [-0.2, 0) is 6.54 Å². The highest BCUT2D eigenvalue weighted by molar-refractivity contribution is 9.10. The Morgan fingerprint density at radius 2 is 1.87 bits per heavy atom. The van der Waals surface area contributed by atoms with Crippen molar-refractivity contribution in [1.82, 2.24) is 9.91 Å². The Morgan fingerprint density at radius 3 is 2.57 bits per heavy atom. The van der Waals surface area contributed by atoms with Gasteiger partial charge in [0.25, 0.3) is 0 Å². The largest absolute Gasteiger partial charge is 0.321 e. The number of piperazine rings is 1. The van der Waals surface area contributed by atoms with E-state index in [-0.39, 0.29) is 6.04 Å². The molecule has 0 spiro atoms. The number of benzene rings is 2. The van der Waals surface area contributed by atoms with Crippen LogP contribution in [0.1, 0.15) is 17.2 Å². The van der Waals surface area contributed by atoms with E-state index in [9.17, 15) is 0 Å². The fraction of sp³-hybridized carbons (Fsp3) is 0.235. The third kappa shape index (κ3) is 3.55. The quantitative estimate of drug-likeness (QED) is 0.640. The number of nitrogens with two attached hydrogens (primary N) is 2. The minimum Gasteiger partial charge on any atom is -0.321 e. The van der Waals surface area contributed by atoms with Gasteiger partial charge in [-0.05, 0) is 23.3 Å². The predicted molar refractivity (Wildman–Crippen MR) is 96.3 cm³/mol. The zero-order valence-corrected chi connectivity index (χ0v) is 14.4. The van der Waals surface area contributed by atoms with Gasteiger partial charge in [-0.1, -0.05) is 58.4 Å². The summed E-state index contributed by atoms with van der Waals surface area (Å²) in [6, 6.07) is 18.5. The number of hydrogen-bond donors (Lipinski definition) is 2. The molecule has 120 valence electrons. The van der Waals surface area contributed by atoms with Crippen LogP contribution in [0.25, 0.3) is 0 Å². The third-order valence-electron chi connectivity index (χ3n) is 4.06. The topological polar surface area (TPSA) is 70.9 Å². The molecular formula is C17H20BrN5. The molecule has 1 aliphatic rings. The zero-order valence-electron chi connectivity index (χ0n) is 12.8. The van der Waals surface area contributed by atoms with E-state index in [1.165, 1.54) is 5.56 Å². The average Bonchev–Trinajstić information content (AvgIpc) is 2.57. The lowest BCUT2D eigenvalue weighted by Gasteiger charge is -2.41. The lowest BCUT2D eigenvalue weighted by molar-refractivity contribution is 0.166. The average molecular weight is 374 g/mol. The molecule has 5 nitrogen and oxygen atoms in total. The molecule has 4 N–H and O–H groups in total. The summed E-state index contributed by atoms with van der Waals surface area (Å²) in [6.07, 6.45) is 0. The van der Waals surface area contributed by atoms with Gasteiger partial charge in [0.2, 0.25) is 0 Å². The van der Waals surface area contributed by atoms with Crippen molar-refractivity contribution in [1.29, 1.82) is 0 Å². The summed E-state index contributed by atoms with van der Waals surface area (Å²) in [5.41, 5.74) is 2.38. The number of nitrogens with zero attached hydrogens (tertiary/aromatic N) is 3. The van der Waals surface area contributed by atoms with Crippen molar-refractivity contribution in [3.63, 3.8) is 0 Å². The van der Waals surface area contributed by atoms with Crippen LogP contribution in [0.5, 0.6) is 0 Å². The SMILES string of the molecule is N/N=C1/C(c2cccc(Br)c2)N(Cc2ccccc2)CCN1N. The van der Waals surface area contributed by atoms with Crippen molar-refractivity contribution in [2.45, 2.75) is 12.6 Å². The second-order valence-electron chi connectivity index (χ2n) is 5.59. The summed E-state index contributed by atoms with van der Waals surface area (Å²) in [5.74, 6) is 12.4. The minimum absolute atomic E-state index is 0.0588. The monoisotopic (exact) mass is 373 g/mol. The molecule has 1 aliphatic heterocycles. The van der Waals surface area contributed by atoms with Crippen molar-refractivity contribution in [3.05, 3.63) is 70.2 Å². The first-order valence-electron chi connectivity index (χ1n) is 7.52. The number of halogens is 1. The lowest BCUT2D eigenvalue weighted by atomic mass is 10.0. The fourth-order valence-electron chi connectivity index (χ4n) is 2.97. The molecule has 1 saturated heterocycles. The van der Waals surface area contributed by atoms with Crippen LogP contribution in [0, 0.1) is 0 Å². The van der Waals surface area contributed by atoms with Crippen molar-refractivity contribution >= 4 is 21.8 Å². The lowest BCUT2D eigenvalue weighted by Crippen LogP contribution is -2.55. The Morgan fingerprint density at radius 1 is 1.09 bits per heavy atom. The fourth-order valence-corrected chi connectivity index (χ4v) is 3.39. The molecule has 0 aromatic heterocycles. The van der Waals surface area contributed by atoms with E-state index < -0.39 is 0 Å². The molecule has 2 aromatic carbocycles. The number of hydrazine groups is 1. The van der Waals surface area contributed by atoms with Gasteiger partial charge in [-0.2, -0.15) is 5.10 Å². The van der Waals surface area contributed by atoms with E-state index >= 15 is 0 Å². The highest BCUT2D eigenvalue weighted by atomic mass is 79.9. The van der Waals surface area contributed by atoms with Crippen LogP contribution in [0.3, 0.4) is 0 Å². The van der Waals surface area contributed by atoms with E-state index in [1.54, 1.807) is 5.01 Å². The maximum atomic E-state index is 6.10. The first-order chi connectivity index (χ1) is 11.2. The molecule has 6 heteroatoms. The van der Waals surface area contributed by atoms with Gasteiger partial charge in [-0.25, -0.2) is 5.84 Å². The second-order valence-corrected chi connectivity index (χ2v) is 6.51. The molecule has 1 heterocycles. The van der Waals surface area contributed by atoms with Crippen LogP contribution < -0.4 is 11.7 Å². The summed E-state index contributed by atoms with van der Waals surface area (Å²) in [4.78, 5) is 2.35. The van der Waals surface area contributed by atoms with Gasteiger partial charge in [0.05, 0.1) is 6.04 Å². The van der Waals surface area contributed by atoms with Crippen molar-refractivity contribution < 1.29 is 0 Å². The Kier molecular flexibility index (Phi) is 4.95. The van der Waals surface area contributed by atoms with Crippen molar-refractivity contribution in [3.8, 4) is 0 Å². The van der Waals surface area contributed by atoms with Crippen LogP contribution in [0.2, 0.25) is 0 Å². The molecule has 0 saturated carbocycles. The third-order valence-corrected chi connectivity index (χ3v) is 4.55. The molecule has 1 atom stereocenters. The standard InChI is InChI=1S/C17H20BrN5/c18-15-8-4-7-14(11-15)16-17(21-19)23(20)10-9-22(16)12-13-5-2-1-3-6-13/h1-8,11,16H,9-10,12,19-20H2/b21-17-. The normalized spacial score (nSPS) is 20.9. The van der Waals surface area contributed by atoms with Gasteiger partial charge in [0.1, 0.15) is 0 Å². The molecule has 1 unspecified atom stereocenters. The van der Waals surface area contributed by atoms with Gasteiger partial charge in [0.15, 0.2) is 5.84 Å². The van der Waals surface area contributed by atoms with Gasteiger partial charge >= 0.3 is 0 Å². The molecule has 1 fully saturated rings. The highest BCUT2D eigenvalue weighted by Gasteiger charge is 2.33. The molecule has 2 aromatic rings. The summed E-state index contributed by atoms with van der Waals surface area (Å²) >= 11 is 3.54.